The second-order valence-electron chi connectivity index (χ2n) is 7.14. The minimum absolute atomic E-state index is 0. The van der Waals surface area contributed by atoms with E-state index in [0.717, 1.165) is 0 Å². The number of rotatable bonds is 4. The van der Waals surface area contributed by atoms with Crippen LogP contribution in [0.5, 0.6) is 0 Å². The Kier molecular flexibility index (Phi) is 46.4. The van der Waals surface area contributed by atoms with Crippen molar-refractivity contribution in [1.29, 1.82) is 0 Å². The molecule has 0 fully saturated rings. The molecule has 0 aromatic heterocycles. The maximum absolute atomic E-state index is 8.58. The van der Waals surface area contributed by atoms with Crippen LogP contribution in [0, 0.1) is 29.7 Å². The van der Waals surface area contributed by atoms with E-state index in [1.807, 2.05) is 24.3 Å². The molecule has 0 aliphatic heterocycles. The molecule has 0 atom stereocenters. The van der Waals surface area contributed by atoms with Gasteiger partial charge in [-0.05, 0) is 0 Å². The van der Waals surface area contributed by atoms with Crippen LogP contribution in [0.1, 0.15) is 47.4 Å². The van der Waals surface area contributed by atoms with Gasteiger partial charge in [0.2, 0.25) is 0 Å². The second kappa shape index (κ2) is 34.9. The predicted molar refractivity (Wildman–Crippen MR) is 160 cm³/mol. The van der Waals surface area contributed by atoms with E-state index in [1.54, 1.807) is 97.1 Å². The van der Waals surface area contributed by atoms with Gasteiger partial charge in [0, 0.05) is 80.7 Å². The van der Waals surface area contributed by atoms with Crippen molar-refractivity contribution in [2.45, 2.75) is 25.2 Å². The molecule has 8 nitrogen and oxygen atoms in total. The van der Waals surface area contributed by atoms with E-state index in [1.165, 1.54) is 0 Å². The first-order valence-electron chi connectivity index (χ1n) is 10.9. The molecular weight excluding hydrogens is 709 g/mol. The molecular formula is C32H44O8Zn3-4. The first kappa shape index (κ1) is 57.1. The summed E-state index contributed by atoms with van der Waals surface area (Å²) in [4.78, 5) is 0. The molecule has 0 heterocycles. The fraction of sp³-hybridized carbons (Fsp3) is 0.125. The summed E-state index contributed by atoms with van der Waals surface area (Å²) in [5, 5.41) is 68.6. The van der Waals surface area contributed by atoms with Crippen LogP contribution in [0.2, 0.25) is 0 Å². The quantitative estimate of drug-likeness (QED) is 0.0861. The molecule has 0 amide bonds. The molecule has 0 aliphatic carbocycles. The average molecular weight is 753 g/mol. The third kappa shape index (κ3) is 27.7. The van der Waals surface area contributed by atoms with Crippen molar-refractivity contribution in [3.8, 4) is 0 Å². The molecule has 0 bridgehead atoms. The van der Waals surface area contributed by atoms with Crippen LogP contribution in [-0.2, 0) is 58.4 Å². The van der Waals surface area contributed by atoms with Crippen molar-refractivity contribution in [3.63, 3.8) is 0 Å². The van der Waals surface area contributed by atoms with Crippen molar-refractivity contribution >= 4 is 0 Å². The summed E-state index contributed by atoms with van der Waals surface area (Å²) in [6.07, 6.45) is -5.37. The molecule has 0 saturated heterocycles. The molecule has 4 rings (SSSR count). The van der Waals surface area contributed by atoms with Crippen LogP contribution in [0.15, 0.2) is 121 Å². The van der Waals surface area contributed by atoms with E-state index in [2.05, 4.69) is 0 Å². The summed E-state index contributed by atoms with van der Waals surface area (Å²) in [6.45, 7) is 0. The van der Waals surface area contributed by atoms with Crippen LogP contribution in [0.25, 0.3) is 0 Å². The molecule has 11 heteroatoms. The Balaban J connectivity index is -0.0000000762. The van der Waals surface area contributed by atoms with E-state index < -0.39 is 25.2 Å². The first-order chi connectivity index (χ1) is 17.2. The zero-order chi connectivity index (χ0) is 26.8. The van der Waals surface area contributed by atoms with Crippen LogP contribution in [0.4, 0.5) is 0 Å². The van der Waals surface area contributed by atoms with Crippen molar-refractivity contribution < 1.29 is 99.3 Å². The Morgan fingerprint density at radius 1 is 0.256 bits per heavy atom. The predicted octanol–water partition coefficient (Wildman–Crippen LogP) is 4.47. The Morgan fingerprint density at radius 2 is 0.372 bits per heavy atom. The van der Waals surface area contributed by atoms with Gasteiger partial charge in [0.25, 0.3) is 0 Å². The number of hydrogen-bond acceptors (Lipinski definition) is 8. The van der Waals surface area contributed by atoms with Gasteiger partial charge < -0.3 is 70.6 Å². The van der Waals surface area contributed by atoms with Crippen molar-refractivity contribution in [3.05, 3.63) is 173 Å². The second-order valence-corrected chi connectivity index (χ2v) is 7.14. The maximum Gasteiger partial charge on any atom is 0.178 e. The van der Waals surface area contributed by atoms with E-state index in [-0.39, 0.29) is 88.1 Å². The summed E-state index contributed by atoms with van der Waals surface area (Å²) in [7, 11) is 0. The Bertz CT molecular complexity index is 869. The van der Waals surface area contributed by atoms with E-state index >= 15 is 0 Å². The van der Waals surface area contributed by atoms with Crippen LogP contribution in [0.3, 0.4) is 0 Å². The molecule has 0 radical (unpaired) electrons. The number of aliphatic hydroxyl groups is 8. The van der Waals surface area contributed by atoms with Gasteiger partial charge in [-0.2, -0.15) is 0 Å². The van der Waals surface area contributed by atoms with Crippen molar-refractivity contribution in [2.24, 2.45) is 0 Å². The van der Waals surface area contributed by atoms with Gasteiger partial charge in [0.15, 0.2) is 25.2 Å². The van der Waals surface area contributed by atoms with Crippen LogP contribution >= 0.6 is 0 Å². The van der Waals surface area contributed by atoms with Gasteiger partial charge in [-0.3, -0.25) is 0 Å². The summed E-state index contributed by atoms with van der Waals surface area (Å²) in [6, 6.07) is 34.6. The molecule has 8 N–H and O–H groups in total. The third-order valence-electron chi connectivity index (χ3n) is 4.39. The van der Waals surface area contributed by atoms with E-state index in [0.29, 0.717) is 22.3 Å². The Hall–Kier alpha value is -1.57. The molecule has 0 saturated carbocycles. The first-order valence-corrected chi connectivity index (χ1v) is 10.9. The van der Waals surface area contributed by atoms with E-state index in [9.17, 15) is 0 Å². The standard InChI is InChI=1S/4C7H8O2.4CH3.3Zn/c4*8-7(9)6-4-2-1-3-5-6;;;;;;;/h4*1-5,7-9H;4*1H3;;;/q;;;;4*-1;;;. The summed E-state index contributed by atoms with van der Waals surface area (Å²) < 4.78 is 0. The molecule has 0 unspecified atom stereocenters. The van der Waals surface area contributed by atoms with Gasteiger partial charge in [0.1, 0.15) is 0 Å². The smallest absolute Gasteiger partial charge is 0.178 e. The minimum Gasteiger partial charge on any atom is -0.364 e. The molecule has 4 aromatic rings. The summed E-state index contributed by atoms with van der Waals surface area (Å²) in [5.74, 6) is 0. The fourth-order valence-corrected chi connectivity index (χ4v) is 2.50. The normalized spacial score (nSPS) is 8.47. The summed E-state index contributed by atoms with van der Waals surface area (Å²) in [5.41, 5.74) is 2.10. The SMILES string of the molecule is OC(O)c1ccccc1.OC(O)c1ccccc1.OC(O)c1ccccc1.OC(O)c1ccccc1.[CH3-].[CH3-].[CH3-].[CH3-].[Zn].[Zn].[Zn]. The fourth-order valence-electron chi connectivity index (χ4n) is 2.50. The molecule has 0 aliphatic rings. The number of benzene rings is 4. The van der Waals surface area contributed by atoms with E-state index in [4.69, 9.17) is 40.9 Å². The third-order valence-corrected chi connectivity index (χ3v) is 4.39. The van der Waals surface area contributed by atoms with Crippen molar-refractivity contribution in [1.82, 2.24) is 0 Å². The molecule has 230 valence electrons. The molecule has 0 spiro atoms. The van der Waals surface area contributed by atoms with Gasteiger partial charge in [-0.1, -0.05) is 121 Å². The monoisotopic (exact) mass is 748 g/mol. The van der Waals surface area contributed by atoms with Gasteiger partial charge in [-0.15, -0.1) is 0 Å². The molecule has 4 aromatic carbocycles. The number of aliphatic hydroxyl groups excluding tert-OH is 4. The zero-order valence-electron chi connectivity index (χ0n) is 25.6. The van der Waals surface area contributed by atoms with Crippen molar-refractivity contribution in [2.75, 3.05) is 0 Å². The Morgan fingerprint density at radius 3 is 0.442 bits per heavy atom. The van der Waals surface area contributed by atoms with Crippen LogP contribution in [-0.4, -0.2) is 40.9 Å². The molecule has 43 heavy (non-hydrogen) atoms. The topological polar surface area (TPSA) is 162 Å². The van der Waals surface area contributed by atoms with Gasteiger partial charge >= 0.3 is 0 Å². The number of hydrogen-bond donors (Lipinski definition) is 8. The average Bonchev–Trinajstić information content (AvgIpc) is 2.92. The maximum atomic E-state index is 8.58. The van der Waals surface area contributed by atoms with Gasteiger partial charge in [-0.25, -0.2) is 0 Å². The largest absolute Gasteiger partial charge is 0.364 e. The minimum atomic E-state index is -1.34. The van der Waals surface area contributed by atoms with Gasteiger partial charge in [0.05, 0.1) is 0 Å². The van der Waals surface area contributed by atoms with Crippen LogP contribution < -0.4 is 0 Å². The zero-order valence-corrected chi connectivity index (χ0v) is 34.5. The summed E-state index contributed by atoms with van der Waals surface area (Å²) >= 11 is 0. The Labute approximate surface area is 296 Å².